The number of aromatic nitrogens is 3. The number of piperidine rings is 1. The lowest BCUT2D eigenvalue weighted by Crippen LogP contribution is -2.35. The molecule has 1 fully saturated rings. The molecule has 0 saturated carbocycles. The average Bonchev–Trinajstić information content (AvgIpc) is 2.98. The normalized spacial score (nSPS) is 16.5. The average molecular weight is 352 g/mol. The van der Waals surface area contributed by atoms with Crippen molar-refractivity contribution in [2.75, 3.05) is 13.1 Å². The van der Waals surface area contributed by atoms with Gasteiger partial charge in [0, 0.05) is 26.1 Å². The van der Waals surface area contributed by atoms with Crippen LogP contribution in [0.3, 0.4) is 0 Å². The first-order chi connectivity index (χ1) is 11.5. The zero-order valence-electron chi connectivity index (χ0n) is 13.3. The summed E-state index contributed by atoms with van der Waals surface area (Å²) in [5.41, 5.74) is 1.21. The summed E-state index contributed by atoms with van der Waals surface area (Å²) in [5.74, 6) is -0.852. The van der Waals surface area contributed by atoms with Gasteiger partial charge in [-0.25, -0.2) is 13.1 Å². The van der Waals surface area contributed by atoms with Crippen molar-refractivity contribution >= 4 is 27.0 Å². The van der Waals surface area contributed by atoms with Gasteiger partial charge in [0.1, 0.15) is 5.52 Å². The number of sulfonamides is 1. The van der Waals surface area contributed by atoms with E-state index in [4.69, 9.17) is 5.11 Å². The fraction of sp³-hybridized carbons (Fsp3) is 0.533. The smallest absolute Gasteiger partial charge is 0.303 e. The Labute approximate surface area is 140 Å². The molecule has 130 valence electrons. The fourth-order valence-electron chi connectivity index (χ4n) is 2.91. The van der Waals surface area contributed by atoms with Crippen LogP contribution in [0.25, 0.3) is 11.0 Å². The highest BCUT2D eigenvalue weighted by atomic mass is 32.2. The molecule has 1 saturated heterocycles. The second-order valence-corrected chi connectivity index (χ2v) is 7.86. The Balaban J connectivity index is 1.83. The van der Waals surface area contributed by atoms with Gasteiger partial charge < -0.3 is 5.11 Å². The Morgan fingerprint density at radius 1 is 1.21 bits per heavy atom. The summed E-state index contributed by atoms with van der Waals surface area (Å²) in [7, 11) is -3.49. The van der Waals surface area contributed by atoms with Crippen LogP contribution in [0.4, 0.5) is 0 Å². The Kier molecular flexibility index (Phi) is 4.81. The first-order valence-corrected chi connectivity index (χ1v) is 9.48. The molecule has 3 rings (SSSR count). The molecule has 0 atom stereocenters. The second-order valence-electron chi connectivity index (χ2n) is 5.93. The van der Waals surface area contributed by atoms with E-state index in [1.807, 2.05) is 0 Å². The molecule has 0 radical (unpaired) electrons. The van der Waals surface area contributed by atoms with Gasteiger partial charge in [0.05, 0.1) is 10.4 Å². The van der Waals surface area contributed by atoms with Crippen molar-refractivity contribution in [1.29, 1.82) is 0 Å². The van der Waals surface area contributed by atoms with Crippen LogP contribution in [-0.2, 0) is 21.4 Å². The summed E-state index contributed by atoms with van der Waals surface area (Å²) < 4.78 is 28.5. The maximum absolute atomic E-state index is 12.7. The third-order valence-electron chi connectivity index (χ3n) is 4.20. The van der Waals surface area contributed by atoms with Crippen molar-refractivity contribution in [3.05, 3.63) is 18.2 Å². The third-order valence-corrected chi connectivity index (χ3v) is 6.09. The molecule has 1 N–H and O–H groups in total. The van der Waals surface area contributed by atoms with Gasteiger partial charge in [-0.1, -0.05) is 11.6 Å². The van der Waals surface area contributed by atoms with E-state index in [-0.39, 0.29) is 11.3 Å². The Hall–Kier alpha value is -2.00. The minimum atomic E-state index is -3.49. The molecule has 0 amide bonds. The minimum Gasteiger partial charge on any atom is -0.481 e. The third kappa shape index (κ3) is 3.41. The Morgan fingerprint density at radius 3 is 2.67 bits per heavy atom. The number of rotatable bonds is 6. The number of carbonyl (C=O) groups is 1. The molecule has 9 heteroatoms. The van der Waals surface area contributed by atoms with Gasteiger partial charge in [0.25, 0.3) is 0 Å². The fourth-order valence-corrected chi connectivity index (χ4v) is 4.45. The summed E-state index contributed by atoms with van der Waals surface area (Å²) >= 11 is 0. The number of carboxylic acids is 1. The summed E-state index contributed by atoms with van der Waals surface area (Å²) in [4.78, 5) is 10.8. The van der Waals surface area contributed by atoms with E-state index < -0.39 is 16.0 Å². The Bertz CT molecular complexity index is 840. The van der Waals surface area contributed by atoms with E-state index in [1.54, 1.807) is 22.9 Å². The minimum absolute atomic E-state index is 0.0583. The topological polar surface area (TPSA) is 105 Å². The maximum atomic E-state index is 12.7. The van der Waals surface area contributed by atoms with Gasteiger partial charge in [0.2, 0.25) is 10.0 Å². The van der Waals surface area contributed by atoms with Crippen LogP contribution in [-0.4, -0.2) is 51.9 Å². The number of aryl methyl sites for hydroxylation is 1. The lowest BCUT2D eigenvalue weighted by molar-refractivity contribution is -0.137. The summed E-state index contributed by atoms with van der Waals surface area (Å²) in [6.45, 7) is 1.55. The number of benzene rings is 1. The van der Waals surface area contributed by atoms with Crippen LogP contribution in [0.2, 0.25) is 0 Å². The molecule has 24 heavy (non-hydrogen) atoms. The van der Waals surface area contributed by atoms with E-state index >= 15 is 0 Å². The lowest BCUT2D eigenvalue weighted by Gasteiger charge is -2.25. The van der Waals surface area contributed by atoms with Crippen LogP contribution in [0.5, 0.6) is 0 Å². The molecule has 0 unspecified atom stereocenters. The quantitative estimate of drug-likeness (QED) is 0.844. The lowest BCUT2D eigenvalue weighted by atomic mass is 10.2. The zero-order valence-corrected chi connectivity index (χ0v) is 14.1. The molecular formula is C15H20N4O4S. The maximum Gasteiger partial charge on any atom is 0.303 e. The van der Waals surface area contributed by atoms with E-state index in [9.17, 15) is 13.2 Å². The molecule has 1 aliphatic heterocycles. The van der Waals surface area contributed by atoms with Crippen molar-refractivity contribution in [3.63, 3.8) is 0 Å². The number of hydrogen-bond acceptors (Lipinski definition) is 5. The zero-order chi connectivity index (χ0) is 17.2. The molecule has 1 aromatic heterocycles. The highest BCUT2D eigenvalue weighted by molar-refractivity contribution is 7.89. The predicted octanol–water partition coefficient (Wildman–Crippen LogP) is 1.47. The van der Waals surface area contributed by atoms with Crippen LogP contribution in [0.15, 0.2) is 23.1 Å². The number of nitrogens with zero attached hydrogens (tertiary/aromatic N) is 4. The van der Waals surface area contributed by atoms with Crippen molar-refractivity contribution in [2.24, 2.45) is 0 Å². The summed E-state index contributed by atoms with van der Waals surface area (Å²) in [6.07, 6.45) is 3.35. The van der Waals surface area contributed by atoms with E-state index in [1.165, 1.54) is 4.31 Å². The van der Waals surface area contributed by atoms with Gasteiger partial charge in [-0.2, -0.15) is 4.31 Å². The van der Waals surface area contributed by atoms with Crippen LogP contribution < -0.4 is 0 Å². The monoisotopic (exact) mass is 352 g/mol. The van der Waals surface area contributed by atoms with Gasteiger partial charge >= 0.3 is 5.97 Å². The second kappa shape index (κ2) is 6.86. The number of carboxylic acid groups (broad SMARTS) is 1. The van der Waals surface area contributed by atoms with E-state index in [0.717, 1.165) is 19.3 Å². The molecule has 2 heterocycles. The molecule has 0 bridgehead atoms. The van der Waals surface area contributed by atoms with Crippen molar-refractivity contribution in [2.45, 2.75) is 43.5 Å². The predicted molar refractivity (Wildman–Crippen MR) is 87.0 cm³/mol. The van der Waals surface area contributed by atoms with Crippen molar-refractivity contribution in [1.82, 2.24) is 19.3 Å². The van der Waals surface area contributed by atoms with E-state index in [2.05, 4.69) is 10.3 Å². The molecule has 0 aliphatic carbocycles. The van der Waals surface area contributed by atoms with Gasteiger partial charge in [-0.3, -0.25) is 4.79 Å². The molecule has 1 aliphatic rings. The van der Waals surface area contributed by atoms with Crippen LogP contribution in [0.1, 0.15) is 32.1 Å². The Morgan fingerprint density at radius 2 is 1.96 bits per heavy atom. The van der Waals surface area contributed by atoms with Crippen molar-refractivity contribution in [3.8, 4) is 0 Å². The molecule has 2 aromatic rings. The number of aliphatic carboxylic acids is 1. The SMILES string of the molecule is O=C(O)CCCn1nnc2cc(S(=O)(=O)N3CCCCC3)ccc21. The molecule has 8 nitrogen and oxygen atoms in total. The standard InChI is InChI=1S/C15H20N4O4S/c20-15(21)5-4-10-19-14-7-6-12(11-13(14)16-17-19)24(22,23)18-8-2-1-3-9-18/h6-7,11H,1-5,8-10H2,(H,20,21). The van der Waals surface area contributed by atoms with E-state index in [0.29, 0.717) is 37.1 Å². The van der Waals surface area contributed by atoms with Gasteiger partial charge in [-0.15, -0.1) is 5.10 Å². The molecular weight excluding hydrogens is 332 g/mol. The number of hydrogen-bond donors (Lipinski definition) is 1. The van der Waals surface area contributed by atoms with Crippen LogP contribution in [0, 0.1) is 0 Å². The first kappa shape index (κ1) is 16.8. The summed E-state index contributed by atoms with van der Waals surface area (Å²) in [6, 6.07) is 4.80. The first-order valence-electron chi connectivity index (χ1n) is 8.04. The molecule has 1 aromatic carbocycles. The van der Waals surface area contributed by atoms with Gasteiger partial charge in [-0.05, 0) is 37.5 Å². The highest BCUT2D eigenvalue weighted by Gasteiger charge is 2.26. The van der Waals surface area contributed by atoms with Crippen LogP contribution >= 0.6 is 0 Å². The number of fused-ring (bicyclic) bond motifs is 1. The van der Waals surface area contributed by atoms with Crippen molar-refractivity contribution < 1.29 is 18.3 Å². The molecule has 0 spiro atoms. The van der Waals surface area contributed by atoms with Gasteiger partial charge in [0.15, 0.2) is 0 Å². The largest absolute Gasteiger partial charge is 0.481 e. The summed E-state index contributed by atoms with van der Waals surface area (Å²) in [5, 5.41) is 16.7. The highest BCUT2D eigenvalue weighted by Crippen LogP contribution is 2.23.